The van der Waals surface area contributed by atoms with E-state index in [2.05, 4.69) is 9.84 Å². The highest BCUT2D eigenvalue weighted by atomic mass is 19.4. The zero-order valence-corrected chi connectivity index (χ0v) is 13.6. The Kier molecular flexibility index (Phi) is 4.98. The van der Waals surface area contributed by atoms with Gasteiger partial charge in [-0.1, -0.05) is 19.3 Å². The second-order valence-corrected chi connectivity index (χ2v) is 6.33. The Balaban J connectivity index is 1.84. The highest BCUT2D eigenvalue weighted by molar-refractivity contribution is 5.70. The van der Waals surface area contributed by atoms with Crippen LogP contribution in [0.5, 0.6) is 5.75 Å². The van der Waals surface area contributed by atoms with Gasteiger partial charge in [0, 0.05) is 23.9 Å². The van der Waals surface area contributed by atoms with Crippen molar-refractivity contribution in [2.24, 2.45) is 5.92 Å². The number of hydrogen-bond acceptors (Lipinski definition) is 3. The minimum atomic E-state index is -4.82. The van der Waals surface area contributed by atoms with Crippen molar-refractivity contribution in [1.82, 2.24) is 9.78 Å². The Morgan fingerprint density at radius 1 is 1.24 bits per heavy atom. The molecule has 1 saturated carbocycles. The first kappa shape index (κ1) is 17.3. The molecule has 0 radical (unpaired) electrons. The maximum Gasteiger partial charge on any atom is 0.573 e. The largest absolute Gasteiger partial charge is 0.573 e. The molecule has 0 N–H and O–H groups in total. The molecule has 2 aromatic rings. The van der Waals surface area contributed by atoms with Gasteiger partial charge in [0.15, 0.2) is 0 Å². The van der Waals surface area contributed by atoms with E-state index in [9.17, 15) is 13.2 Å². The van der Waals surface area contributed by atoms with Gasteiger partial charge in [0.1, 0.15) is 5.75 Å². The second-order valence-electron chi connectivity index (χ2n) is 6.33. The van der Waals surface area contributed by atoms with Crippen LogP contribution in [-0.4, -0.2) is 16.1 Å². The van der Waals surface area contributed by atoms with Crippen molar-refractivity contribution < 1.29 is 17.9 Å². The lowest BCUT2D eigenvalue weighted by atomic mass is 9.89. The summed E-state index contributed by atoms with van der Waals surface area (Å²) in [5, 5.41) is 13.2. The van der Waals surface area contributed by atoms with Crippen LogP contribution in [0.15, 0.2) is 30.6 Å². The van der Waals surface area contributed by atoms with Crippen LogP contribution in [0.2, 0.25) is 0 Å². The molecule has 1 heterocycles. The van der Waals surface area contributed by atoms with Crippen LogP contribution < -0.4 is 4.74 Å². The van der Waals surface area contributed by atoms with Gasteiger partial charge in [-0.05, 0) is 37.0 Å². The van der Waals surface area contributed by atoms with E-state index in [1.54, 1.807) is 10.9 Å². The summed E-state index contributed by atoms with van der Waals surface area (Å²) in [5.74, 6) is 0.178. The molecule has 0 unspecified atom stereocenters. The Labute approximate surface area is 143 Å². The third-order valence-corrected chi connectivity index (χ3v) is 4.45. The molecule has 1 fully saturated rings. The maximum absolute atomic E-state index is 12.7. The molecular formula is C18H18F3N3O. The van der Waals surface area contributed by atoms with Gasteiger partial charge in [-0.15, -0.1) is 13.2 Å². The van der Waals surface area contributed by atoms with E-state index in [0.29, 0.717) is 11.5 Å². The van der Waals surface area contributed by atoms with Crippen LogP contribution in [0.4, 0.5) is 13.2 Å². The summed E-state index contributed by atoms with van der Waals surface area (Å²) in [6, 6.07) is 5.85. The van der Waals surface area contributed by atoms with E-state index in [0.717, 1.165) is 25.5 Å². The monoisotopic (exact) mass is 349 g/mol. The topological polar surface area (TPSA) is 50.8 Å². The van der Waals surface area contributed by atoms with Crippen LogP contribution in [-0.2, 0) is 6.54 Å². The molecule has 1 aliphatic carbocycles. The van der Waals surface area contributed by atoms with Crippen LogP contribution in [0.3, 0.4) is 0 Å². The highest BCUT2D eigenvalue weighted by Gasteiger charge is 2.32. The fraction of sp³-hybridized carbons (Fsp3) is 0.444. The van der Waals surface area contributed by atoms with E-state index in [-0.39, 0.29) is 16.9 Å². The predicted molar refractivity (Wildman–Crippen MR) is 85.6 cm³/mol. The molecule has 4 nitrogen and oxygen atoms in total. The quantitative estimate of drug-likeness (QED) is 0.789. The average molecular weight is 349 g/mol. The molecule has 132 valence electrons. The van der Waals surface area contributed by atoms with Crippen molar-refractivity contribution in [2.45, 2.75) is 45.0 Å². The van der Waals surface area contributed by atoms with Gasteiger partial charge < -0.3 is 4.74 Å². The minimum Gasteiger partial charge on any atom is -0.405 e. The van der Waals surface area contributed by atoms with Gasteiger partial charge in [-0.25, -0.2) is 0 Å². The number of nitriles is 1. The Morgan fingerprint density at radius 3 is 2.68 bits per heavy atom. The summed E-state index contributed by atoms with van der Waals surface area (Å²) in [7, 11) is 0. The lowest BCUT2D eigenvalue weighted by molar-refractivity contribution is -0.274. The van der Waals surface area contributed by atoms with Crippen LogP contribution >= 0.6 is 0 Å². The number of rotatable bonds is 4. The van der Waals surface area contributed by atoms with Crippen molar-refractivity contribution >= 4 is 0 Å². The first-order valence-corrected chi connectivity index (χ1v) is 8.27. The van der Waals surface area contributed by atoms with E-state index in [4.69, 9.17) is 5.26 Å². The Morgan fingerprint density at radius 2 is 2.00 bits per heavy atom. The van der Waals surface area contributed by atoms with Gasteiger partial charge in [0.05, 0.1) is 17.8 Å². The number of alkyl halides is 3. The van der Waals surface area contributed by atoms with Gasteiger partial charge in [-0.3, -0.25) is 4.68 Å². The van der Waals surface area contributed by atoms with E-state index < -0.39 is 6.36 Å². The zero-order valence-electron chi connectivity index (χ0n) is 13.6. The normalized spacial score (nSPS) is 15.8. The zero-order chi connectivity index (χ0) is 17.9. The Hall–Kier alpha value is -2.49. The van der Waals surface area contributed by atoms with Crippen molar-refractivity contribution in [3.8, 4) is 22.9 Å². The molecule has 1 aliphatic rings. The van der Waals surface area contributed by atoms with E-state index >= 15 is 0 Å². The molecule has 7 heteroatoms. The molecule has 1 aromatic carbocycles. The summed E-state index contributed by atoms with van der Waals surface area (Å²) in [4.78, 5) is 0. The first-order chi connectivity index (χ1) is 11.9. The van der Waals surface area contributed by atoms with E-state index in [1.807, 2.05) is 6.07 Å². The predicted octanol–water partition coefficient (Wildman–Crippen LogP) is 4.90. The average Bonchev–Trinajstić information content (AvgIpc) is 3.02. The van der Waals surface area contributed by atoms with Crippen LogP contribution in [0, 0.1) is 17.2 Å². The second kappa shape index (κ2) is 7.18. The lowest BCUT2D eigenvalue weighted by Gasteiger charge is -2.21. The van der Waals surface area contributed by atoms with Crippen LogP contribution in [0.1, 0.15) is 37.7 Å². The molecule has 0 spiro atoms. The fourth-order valence-electron chi connectivity index (χ4n) is 3.28. The summed E-state index contributed by atoms with van der Waals surface area (Å²) in [6.07, 6.45) is 4.48. The third kappa shape index (κ3) is 4.53. The van der Waals surface area contributed by atoms with Gasteiger partial charge in [0.2, 0.25) is 0 Å². The molecule has 0 aliphatic heterocycles. The summed E-state index contributed by atoms with van der Waals surface area (Å²) >= 11 is 0. The SMILES string of the molecule is N#Cc1ccc(-c2cnn(CC3CCCCC3)c2)c(OC(F)(F)F)c1. The number of ether oxygens (including phenoxy) is 1. The number of aromatic nitrogens is 2. The van der Waals surface area contributed by atoms with Crippen molar-refractivity contribution in [3.63, 3.8) is 0 Å². The van der Waals surface area contributed by atoms with E-state index in [1.165, 1.54) is 37.6 Å². The first-order valence-electron chi connectivity index (χ1n) is 8.27. The van der Waals surface area contributed by atoms with Gasteiger partial charge in [-0.2, -0.15) is 10.4 Å². The van der Waals surface area contributed by atoms with Gasteiger partial charge >= 0.3 is 6.36 Å². The van der Waals surface area contributed by atoms with Crippen molar-refractivity contribution in [1.29, 1.82) is 5.26 Å². The smallest absolute Gasteiger partial charge is 0.405 e. The molecule has 1 aromatic heterocycles. The van der Waals surface area contributed by atoms with Gasteiger partial charge in [0.25, 0.3) is 0 Å². The standard InChI is InChI=1S/C18H18F3N3O/c19-18(20,21)25-17-8-14(9-22)6-7-16(17)15-10-23-24(12-15)11-13-4-2-1-3-5-13/h6-8,10,12-13H,1-5,11H2. The summed E-state index contributed by atoms with van der Waals surface area (Å²) in [5.41, 5.74) is 0.920. The maximum atomic E-state index is 12.7. The number of hydrogen-bond donors (Lipinski definition) is 0. The number of halogens is 3. The summed E-state index contributed by atoms with van der Waals surface area (Å²) < 4.78 is 43.9. The molecule has 0 saturated heterocycles. The molecule has 3 rings (SSSR count). The highest BCUT2D eigenvalue weighted by Crippen LogP contribution is 2.35. The molecule has 25 heavy (non-hydrogen) atoms. The Bertz CT molecular complexity index is 771. The van der Waals surface area contributed by atoms with Crippen molar-refractivity contribution in [2.75, 3.05) is 0 Å². The molecule has 0 amide bonds. The summed E-state index contributed by atoms with van der Waals surface area (Å²) in [6.45, 7) is 0.770. The molecule has 0 bridgehead atoms. The fourth-order valence-corrected chi connectivity index (χ4v) is 3.28. The number of nitrogens with zero attached hydrogens (tertiary/aromatic N) is 3. The lowest BCUT2D eigenvalue weighted by Crippen LogP contribution is -2.17. The number of benzene rings is 1. The van der Waals surface area contributed by atoms with Crippen molar-refractivity contribution in [3.05, 3.63) is 36.2 Å². The third-order valence-electron chi connectivity index (χ3n) is 4.45. The van der Waals surface area contributed by atoms with Crippen LogP contribution in [0.25, 0.3) is 11.1 Å². The molecule has 0 atom stereocenters. The minimum absolute atomic E-state index is 0.109. The molecular weight excluding hydrogens is 331 g/mol.